The minimum atomic E-state index is -1.54. The summed E-state index contributed by atoms with van der Waals surface area (Å²) in [5.41, 5.74) is 12.0. The van der Waals surface area contributed by atoms with Crippen molar-refractivity contribution in [3.05, 3.63) is 192 Å². The van der Waals surface area contributed by atoms with Crippen molar-refractivity contribution in [3.63, 3.8) is 0 Å². The van der Waals surface area contributed by atoms with Gasteiger partial charge in [0.15, 0.2) is 46.2 Å². The Balaban J connectivity index is 0.691. The predicted molar refractivity (Wildman–Crippen MR) is 373 cm³/mol. The van der Waals surface area contributed by atoms with Gasteiger partial charge in [0.2, 0.25) is 0 Å². The predicted octanol–water partition coefficient (Wildman–Crippen LogP) is 10.8. The van der Waals surface area contributed by atoms with Gasteiger partial charge < -0.3 is 10.2 Å². The van der Waals surface area contributed by atoms with Crippen LogP contribution in [-0.4, -0.2) is 175 Å². The van der Waals surface area contributed by atoms with E-state index in [-0.39, 0.29) is 33.2 Å². The minimum Gasteiger partial charge on any atom is -0.507 e. The fraction of sp³-hybridized carbons (Fsp3) is 0.265. The topological polar surface area (TPSA) is 249 Å². The van der Waals surface area contributed by atoms with Crippen LogP contribution in [0, 0.1) is 13.8 Å². The number of rotatable bonds is 20. The average molecular weight is 1290 g/mol. The van der Waals surface area contributed by atoms with Crippen molar-refractivity contribution in [2.24, 2.45) is 9.98 Å². The number of aromatic hydroxyl groups is 2. The minimum absolute atomic E-state index is 0.133. The van der Waals surface area contributed by atoms with Crippen LogP contribution >= 0.6 is 20.1 Å². The maximum absolute atomic E-state index is 11.8. The molecule has 26 heteroatoms. The van der Waals surface area contributed by atoms with Gasteiger partial charge in [-0.15, -0.1) is 30.6 Å². The summed E-state index contributed by atoms with van der Waals surface area (Å²) in [7, 11) is -3.08. The molecule has 0 amide bonds. The number of para-hydroxylation sites is 6. The van der Waals surface area contributed by atoms with Crippen LogP contribution in [-0.2, 0) is 0 Å². The second-order valence-electron chi connectivity index (χ2n) is 25.2. The Hall–Kier alpha value is -10.3. The maximum atomic E-state index is 11.8. The smallest absolute Gasteiger partial charge is 0.159 e. The molecule has 1 aliphatic rings. The monoisotopic (exact) mass is 1290 g/mol. The summed E-state index contributed by atoms with van der Waals surface area (Å²) < 4.78 is 0. The first-order valence-electron chi connectivity index (χ1n) is 31.5. The highest BCUT2D eigenvalue weighted by Gasteiger charge is 2.47. The van der Waals surface area contributed by atoms with E-state index in [0.717, 1.165) is 124 Å². The van der Waals surface area contributed by atoms with Gasteiger partial charge in [-0.1, -0.05) is 85.6 Å². The number of quaternary nitrogens is 2. The number of phenolic OH excluding ortho intramolecular Hbond substituents is 2. The summed E-state index contributed by atoms with van der Waals surface area (Å²) >= 11 is 0. The number of aromatic nitrogens is 18. The Morgan fingerprint density at radius 2 is 0.660 bits per heavy atom. The standard InChI is InChI=1S/C68H70N22O2S2/c1-47-41-51(93(3,4)39-21-37-89(83-61-31-15-9-25-55(61)71-77-83,84-62-32-16-10-26-56(62)72-78-84)85-63-33-17-11-27-57(63)73-79-85)43-49(67(47)91)45-69-53-23-7-8-24-54(53)70-46-50-44-52(42-48(2)68(50)92)94(5,6)40-22-38-90(86-64-34-18-12-28-58(64)74-80-86,87-65-35-19-13-29-59(65)75-81-87)88-66-36-20-14-30-60(66)76-82-88/h9-20,25-36,41-46,53-54H,7-8,21-24,37-40H2,1-6H3/p+2/t53-,54-/m0/s1. The van der Waals surface area contributed by atoms with E-state index < -0.39 is 20.1 Å². The number of benzene rings is 8. The molecular weight excluding hydrogens is 1220 g/mol. The highest BCUT2D eigenvalue weighted by Crippen LogP contribution is 2.52. The lowest BCUT2D eigenvalue weighted by atomic mass is 9.91. The molecule has 15 rings (SSSR count). The van der Waals surface area contributed by atoms with Gasteiger partial charge >= 0.3 is 0 Å². The highest BCUT2D eigenvalue weighted by molar-refractivity contribution is 8.33. The van der Waals surface area contributed by atoms with Crippen LogP contribution in [0.4, 0.5) is 0 Å². The molecule has 476 valence electrons. The molecule has 6 aromatic heterocycles. The Labute approximate surface area is 543 Å². The zero-order valence-electron chi connectivity index (χ0n) is 53.1. The van der Waals surface area contributed by atoms with Gasteiger partial charge in [-0.05, 0) is 241 Å². The van der Waals surface area contributed by atoms with E-state index in [1.54, 1.807) is 0 Å². The number of aryl methyl sites for hydroxylation is 2. The van der Waals surface area contributed by atoms with E-state index in [4.69, 9.17) is 41.3 Å². The average Bonchev–Trinajstić information content (AvgIpc) is 1.53. The second kappa shape index (κ2) is 24.0. The van der Waals surface area contributed by atoms with Crippen molar-refractivity contribution < 1.29 is 10.2 Å². The van der Waals surface area contributed by atoms with Gasteiger partial charge in [0.1, 0.15) is 44.6 Å². The molecule has 0 radical (unpaired) electrons. The normalized spacial score (nSPS) is 15.8. The molecule has 0 unspecified atom stereocenters. The van der Waals surface area contributed by atoms with E-state index in [0.29, 0.717) is 37.1 Å². The van der Waals surface area contributed by atoms with Crippen molar-refractivity contribution in [2.75, 3.05) is 49.6 Å². The maximum Gasteiger partial charge on any atom is 0.159 e. The molecule has 0 bridgehead atoms. The second-order valence-corrected chi connectivity index (χ2v) is 33.1. The third-order valence-electron chi connectivity index (χ3n) is 18.4. The van der Waals surface area contributed by atoms with Crippen LogP contribution in [0.25, 0.3) is 66.2 Å². The van der Waals surface area contributed by atoms with Crippen molar-refractivity contribution in [2.45, 2.75) is 74.2 Å². The summed E-state index contributed by atoms with van der Waals surface area (Å²) in [6.45, 7) is 4.80. The molecule has 24 nitrogen and oxygen atoms in total. The lowest BCUT2D eigenvalue weighted by Gasteiger charge is -2.36. The summed E-state index contributed by atoms with van der Waals surface area (Å²) in [5, 5.41) is 80.7. The molecule has 6 heterocycles. The number of hydrogen-bond acceptors (Lipinski definition) is 16. The van der Waals surface area contributed by atoms with Crippen LogP contribution in [0.1, 0.15) is 60.8 Å². The Morgan fingerprint density at radius 3 is 0.926 bits per heavy atom. The fourth-order valence-electron chi connectivity index (χ4n) is 13.3. The first-order chi connectivity index (χ1) is 45.7. The quantitative estimate of drug-likeness (QED) is 0.0532. The molecule has 0 aliphatic heterocycles. The molecule has 1 saturated carbocycles. The molecule has 0 spiro atoms. The first kappa shape index (κ1) is 60.0. The van der Waals surface area contributed by atoms with Gasteiger partial charge in [-0.3, -0.25) is 9.98 Å². The molecule has 1 fully saturated rings. The summed E-state index contributed by atoms with van der Waals surface area (Å²) in [6, 6.07) is 55.6. The summed E-state index contributed by atoms with van der Waals surface area (Å²) in [6.07, 6.45) is 18.1. The third kappa shape index (κ3) is 10.4. The largest absolute Gasteiger partial charge is 0.507 e. The van der Waals surface area contributed by atoms with Crippen molar-refractivity contribution in [3.8, 4) is 11.5 Å². The molecule has 0 saturated heterocycles. The molecule has 2 N–H and O–H groups in total. The molecule has 2 atom stereocenters. The van der Waals surface area contributed by atoms with Crippen molar-refractivity contribution in [1.29, 1.82) is 0 Å². The highest BCUT2D eigenvalue weighted by atomic mass is 32.3. The van der Waals surface area contributed by atoms with E-state index in [1.807, 2.05) is 201 Å². The van der Waals surface area contributed by atoms with Gasteiger partial charge in [-0.2, -0.15) is 0 Å². The van der Waals surface area contributed by atoms with Crippen LogP contribution in [0.3, 0.4) is 0 Å². The molecule has 14 aromatic rings. The van der Waals surface area contributed by atoms with Gasteiger partial charge in [0, 0.05) is 46.0 Å². The van der Waals surface area contributed by atoms with Gasteiger partial charge in [0.05, 0.1) is 12.1 Å². The van der Waals surface area contributed by atoms with E-state index in [2.05, 4.69) is 79.9 Å². The lowest BCUT2D eigenvalue weighted by Crippen LogP contribution is -2.67. The summed E-state index contributed by atoms with van der Waals surface area (Å²) in [5.74, 6) is 2.02. The molecule has 1 aliphatic carbocycles. The van der Waals surface area contributed by atoms with Crippen molar-refractivity contribution >= 4 is 98.7 Å². The zero-order chi connectivity index (χ0) is 64.3. The number of phenols is 2. The Morgan fingerprint density at radius 1 is 0.404 bits per heavy atom. The third-order valence-corrected chi connectivity index (χ3v) is 24.1. The van der Waals surface area contributed by atoms with Crippen LogP contribution < -0.4 is 9.62 Å². The van der Waals surface area contributed by atoms with Crippen molar-refractivity contribution in [1.82, 2.24) is 100 Å². The van der Waals surface area contributed by atoms with E-state index >= 15 is 0 Å². The zero-order valence-corrected chi connectivity index (χ0v) is 54.7. The van der Waals surface area contributed by atoms with Crippen LogP contribution in [0.15, 0.2) is 190 Å². The number of aliphatic imine (C=N–C) groups is 2. The Kier molecular flexibility index (Phi) is 15.3. The molecule has 8 aromatic carbocycles. The molecular formula is C68H72N22O2S2+2. The Bertz CT molecular complexity index is 4530. The van der Waals surface area contributed by atoms with Crippen LogP contribution in [0.2, 0.25) is 0 Å². The number of fused-ring (bicyclic) bond motifs is 6. The number of hydrogen-bond donors (Lipinski definition) is 2. The number of nitrogens with zero attached hydrogens (tertiary/aromatic N) is 22. The fourth-order valence-corrected chi connectivity index (χ4v) is 17.3. The lowest BCUT2D eigenvalue weighted by molar-refractivity contribution is -0.0305. The van der Waals surface area contributed by atoms with E-state index in [9.17, 15) is 10.2 Å². The summed E-state index contributed by atoms with van der Waals surface area (Å²) in [4.78, 5) is 23.7. The van der Waals surface area contributed by atoms with Crippen LogP contribution in [0.5, 0.6) is 11.5 Å². The molecule has 94 heavy (non-hydrogen) atoms. The SMILES string of the molecule is Cc1cc(S(C)(C)CCC[N+](n2nnc3ccccc32)(n2nnc3ccccc32)n2nnc3ccccc32)cc(C=N[C@H]2CCCC[C@@H]2N=Cc2cc(S(C)(C)CCC[N+](n3nnc4ccccc43)(n3nnc4ccccc43)n3nnc4ccccc43)cc(C)c2O)c1O. The first-order valence-corrected chi connectivity index (χ1v) is 36.8. The van der Waals surface area contributed by atoms with Gasteiger partial charge in [-0.25, -0.2) is 20.1 Å². The van der Waals surface area contributed by atoms with Gasteiger partial charge in [0.25, 0.3) is 0 Å². The van der Waals surface area contributed by atoms with E-state index in [1.165, 1.54) is 0 Å².